The summed E-state index contributed by atoms with van der Waals surface area (Å²) in [4.78, 5) is 0. The molecule has 0 aromatic carbocycles. The molecule has 0 aliphatic carbocycles. The second-order valence-electron chi connectivity index (χ2n) is 4.23. The Labute approximate surface area is 98.8 Å². The van der Waals surface area contributed by atoms with Crippen molar-refractivity contribution >= 4 is 10.1 Å². The van der Waals surface area contributed by atoms with Gasteiger partial charge < -0.3 is 5.11 Å². The highest BCUT2D eigenvalue weighted by Crippen LogP contribution is 2.12. The van der Waals surface area contributed by atoms with Crippen LogP contribution < -0.4 is 0 Å². The Bertz CT molecular complexity index is 249. The Morgan fingerprint density at radius 3 is 1.94 bits per heavy atom. The van der Waals surface area contributed by atoms with Gasteiger partial charge in [-0.2, -0.15) is 8.42 Å². The second-order valence-corrected chi connectivity index (χ2v) is 5.93. The lowest BCUT2D eigenvalue weighted by atomic mass is 10.1. The molecule has 0 fully saturated rings. The average Bonchev–Trinajstić information content (AvgIpc) is 2.20. The third-order valence-corrected chi connectivity index (χ3v) is 3.98. The smallest absolute Gasteiger partial charge is 0.270 e. The van der Waals surface area contributed by atoms with E-state index in [-0.39, 0.29) is 0 Å². The largest absolute Gasteiger partial charge is 0.395 e. The van der Waals surface area contributed by atoms with E-state index in [0.717, 1.165) is 19.3 Å². The van der Waals surface area contributed by atoms with Gasteiger partial charge in [0.15, 0.2) is 0 Å². The molecule has 0 bridgehead atoms. The lowest BCUT2D eigenvalue weighted by molar-refractivity contribution is 0.276. The molecule has 0 spiro atoms. The second kappa shape index (κ2) is 8.96. The van der Waals surface area contributed by atoms with Gasteiger partial charge >= 0.3 is 0 Å². The lowest BCUT2D eigenvalue weighted by Gasteiger charge is -2.10. The first-order valence-electron chi connectivity index (χ1n) is 6.09. The monoisotopic (exact) mass is 252 g/mol. The van der Waals surface area contributed by atoms with Crippen molar-refractivity contribution in [2.75, 3.05) is 6.61 Å². The molecule has 98 valence electrons. The molecule has 0 aromatic rings. The van der Waals surface area contributed by atoms with Gasteiger partial charge in [-0.05, 0) is 6.42 Å². The van der Waals surface area contributed by atoms with Gasteiger partial charge in [0.2, 0.25) is 0 Å². The molecule has 0 aromatic heterocycles. The molecule has 1 atom stereocenters. The standard InChI is InChI=1S/C11H24O4S/c1-2-3-4-5-6-7-8-9-11(10-12)16(13,14)15/h11-12H,2-10H2,1H3,(H,13,14,15). The minimum atomic E-state index is -4.07. The maximum atomic E-state index is 10.8. The Hall–Kier alpha value is -0.130. The highest BCUT2D eigenvalue weighted by Gasteiger charge is 2.20. The molecule has 5 heteroatoms. The third kappa shape index (κ3) is 8.07. The average molecular weight is 252 g/mol. The first-order chi connectivity index (χ1) is 7.52. The van der Waals surface area contributed by atoms with Gasteiger partial charge in [-0.25, -0.2) is 0 Å². The first-order valence-corrected chi connectivity index (χ1v) is 7.59. The van der Waals surface area contributed by atoms with E-state index in [9.17, 15) is 8.42 Å². The highest BCUT2D eigenvalue weighted by atomic mass is 32.2. The van der Waals surface area contributed by atoms with Crippen LogP contribution in [0.3, 0.4) is 0 Å². The summed E-state index contributed by atoms with van der Waals surface area (Å²) in [5.74, 6) is 0. The number of rotatable bonds is 10. The molecule has 0 aliphatic rings. The van der Waals surface area contributed by atoms with Gasteiger partial charge in [0, 0.05) is 0 Å². The molecule has 0 amide bonds. The normalized spacial score (nSPS) is 13.9. The van der Waals surface area contributed by atoms with Crippen molar-refractivity contribution in [2.24, 2.45) is 0 Å². The summed E-state index contributed by atoms with van der Waals surface area (Å²) in [6, 6.07) is 0. The van der Waals surface area contributed by atoms with Crippen LogP contribution in [0.15, 0.2) is 0 Å². The quantitative estimate of drug-likeness (QED) is 0.462. The van der Waals surface area contributed by atoms with Crippen LogP contribution >= 0.6 is 0 Å². The van der Waals surface area contributed by atoms with Crippen molar-refractivity contribution in [1.29, 1.82) is 0 Å². The van der Waals surface area contributed by atoms with E-state index in [1.54, 1.807) is 0 Å². The van der Waals surface area contributed by atoms with Gasteiger partial charge in [0.1, 0.15) is 5.25 Å². The van der Waals surface area contributed by atoms with Crippen molar-refractivity contribution in [1.82, 2.24) is 0 Å². The zero-order chi connectivity index (χ0) is 12.4. The van der Waals surface area contributed by atoms with Gasteiger partial charge in [-0.3, -0.25) is 4.55 Å². The van der Waals surface area contributed by atoms with E-state index in [1.807, 2.05) is 0 Å². The number of aliphatic hydroxyl groups is 1. The minimum Gasteiger partial charge on any atom is -0.395 e. The molecule has 0 rings (SSSR count). The van der Waals surface area contributed by atoms with Crippen LogP contribution in [0, 0.1) is 0 Å². The zero-order valence-electron chi connectivity index (χ0n) is 10.1. The highest BCUT2D eigenvalue weighted by molar-refractivity contribution is 7.86. The number of hydrogen-bond acceptors (Lipinski definition) is 3. The van der Waals surface area contributed by atoms with Crippen molar-refractivity contribution in [3.63, 3.8) is 0 Å². The van der Waals surface area contributed by atoms with E-state index >= 15 is 0 Å². The fraction of sp³-hybridized carbons (Fsp3) is 1.00. The van der Waals surface area contributed by atoms with Crippen LogP contribution in [0.25, 0.3) is 0 Å². The van der Waals surface area contributed by atoms with Gasteiger partial charge in [-0.1, -0.05) is 51.9 Å². The van der Waals surface area contributed by atoms with Crippen LogP contribution in [0.5, 0.6) is 0 Å². The number of aliphatic hydroxyl groups excluding tert-OH is 1. The Morgan fingerprint density at radius 2 is 1.50 bits per heavy atom. The van der Waals surface area contributed by atoms with E-state index in [4.69, 9.17) is 9.66 Å². The molecule has 0 radical (unpaired) electrons. The van der Waals surface area contributed by atoms with Gasteiger partial charge in [-0.15, -0.1) is 0 Å². The molecule has 4 nitrogen and oxygen atoms in total. The molecule has 2 N–H and O–H groups in total. The van der Waals surface area contributed by atoms with Gasteiger partial charge in [0.25, 0.3) is 10.1 Å². The van der Waals surface area contributed by atoms with Crippen molar-refractivity contribution in [3.8, 4) is 0 Å². The summed E-state index contributed by atoms with van der Waals surface area (Å²) in [5.41, 5.74) is 0. The van der Waals surface area contributed by atoms with E-state index < -0.39 is 22.0 Å². The van der Waals surface area contributed by atoms with Crippen LogP contribution in [-0.2, 0) is 10.1 Å². The summed E-state index contributed by atoms with van der Waals surface area (Å²) >= 11 is 0. The van der Waals surface area contributed by atoms with Crippen molar-refractivity contribution in [2.45, 2.75) is 63.5 Å². The molecule has 0 aliphatic heterocycles. The SMILES string of the molecule is CCCCCCCCCC(CO)S(=O)(=O)O. The van der Waals surface area contributed by atoms with Crippen molar-refractivity contribution < 1.29 is 18.1 Å². The number of unbranched alkanes of at least 4 members (excludes halogenated alkanes) is 6. The fourth-order valence-electron chi connectivity index (χ4n) is 1.66. The number of hydrogen-bond donors (Lipinski definition) is 2. The maximum absolute atomic E-state index is 10.8. The molecule has 0 saturated heterocycles. The Balaban J connectivity index is 3.50. The molecular formula is C11H24O4S. The fourth-order valence-corrected chi connectivity index (χ4v) is 2.32. The van der Waals surface area contributed by atoms with Crippen LogP contribution in [0.2, 0.25) is 0 Å². The van der Waals surface area contributed by atoms with E-state index in [0.29, 0.717) is 6.42 Å². The topological polar surface area (TPSA) is 74.6 Å². The van der Waals surface area contributed by atoms with E-state index in [1.165, 1.54) is 25.7 Å². The molecule has 1 unspecified atom stereocenters. The molecule has 0 saturated carbocycles. The van der Waals surface area contributed by atoms with Crippen LogP contribution in [0.4, 0.5) is 0 Å². The van der Waals surface area contributed by atoms with Gasteiger partial charge in [0.05, 0.1) is 6.61 Å². The Kier molecular flexibility index (Phi) is 8.89. The first kappa shape index (κ1) is 15.9. The minimum absolute atomic E-state index is 0.350. The zero-order valence-corrected chi connectivity index (χ0v) is 10.9. The summed E-state index contributed by atoms with van der Waals surface area (Å²) < 4.78 is 30.3. The summed E-state index contributed by atoms with van der Waals surface area (Å²) in [7, 11) is -4.07. The molecule has 0 heterocycles. The van der Waals surface area contributed by atoms with Crippen molar-refractivity contribution in [3.05, 3.63) is 0 Å². The maximum Gasteiger partial charge on any atom is 0.270 e. The van der Waals surface area contributed by atoms with E-state index in [2.05, 4.69) is 6.92 Å². The summed E-state index contributed by atoms with van der Waals surface area (Å²) in [6.45, 7) is 1.67. The Morgan fingerprint density at radius 1 is 1.00 bits per heavy atom. The van der Waals surface area contributed by atoms with Crippen LogP contribution in [-0.4, -0.2) is 29.9 Å². The summed E-state index contributed by atoms with van der Waals surface area (Å²) in [5, 5.41) is 7.80. The molecular weight excluding hydrogens is 228 g/mol. The van der Waals surface area contributed by atoms with Crippen LogP contribution in [0.1, 0.15) is 58.3 Å². The summed E-state index contributed by atoms with van der Waals surface area (Å²) in [6.07, 6.45) is 8.06. The predicted molar refractivity (Wildman–Crippen MR) is 65.0 cm³/mol. The lowest BCUT2D eigenvalue weighted by Crippen LogP contribution is -2.24. The molecule has 16 heavy (non-hydrogen) atoms. The predicted octanol–water partition coefficient (Wildman–Crippen LogP) is 2.38. The third-order valence-electron chi connectivity index (χ3n) is 2.75.